The maximum Gasteiger partial charge on any atom is 0.352 e. The van der Waals surface area contributed by atoms with Crippen molar-refractivity contribution in [2.45, 2.75) is 5.25 Å². The quantitative estimate of drug-likeness (QED) is 0.714. The maximum absolute atomic E-state index is 11.2. The Morgan fingerprint density at radius 3 is 2.68 bits per heavy atom. The Bertz CT molecular complexity index is 592. The van der Waals surface area contributed by atoms with Crippen LogP contribution in [-0.2, 0) is 16.6 Å². The van der Waals surface area contributed by atoms with Gasteiger partial charge in [-0.25, -0.2) is 9.59 Å². The number of carboxylic acid groups (broad SMARTS) is 2. The van der Waals surface area contributed by atoms with E-state index >= 15 is 0 Å². The van der Waals surface area contributed by atoms with Crippen LogP contribution in [0.15, 0.2) is 29.1 Å². The Balaban J connectivity index is 2.39. The molecule has 0 saturated carbocycles. The number of carboxylic acids is 2. The number of nitrogens with zero attached hydrogens (tertiary/aromatic N) is 3. The first kappa shape index (κ1) is 13.1. The minimum atomic E-state index is -1.16. The van der Waals surface area contributed by atoms with Crippen molar-refractivity contribution in [3.05, 3.63) is 34.8 Å². The number of hydrogen-bond donors (Lipinski definition) is 3. The lowest BCUT2D eigenvalue weighted by Crippen LogP contribution is -2.16. The summed E-state index contributed by atoms with van der Waals surface area (Å²) >= 11 is 1.05. The molecule has 2 heterocycles. The Labute approximate surface area is 111 Å². The zero-order valence-corrected chi connectivity index (χ0v) is 10.6. The van der Waals surface area contributed by atoms with E-state index in [-0.39, 0.29) is 11.3 Å². The largest absolute Gasteiger partial charge is 0.478 e. The van der Waals surface area contributed by atoms with Gasteiger partial charge in [0.25, 0.3) is 0 Å². The Kier molecular flexibility index (Phi) is 3.56. The summed E-state index contributed by atoms with van der Waals surface area (Å²) in [6.07, 6.45) is 2.76. The maximum atomic E-state index is 11.2. The summed E-state index contributed by atoms with van der Waals surface area (Å²) < 4.78 is 1.45. The molecule has 8 nitrogen and oxygen atoms in total. The number of aliphatic carboxylic acids is 2. The molecule has 0 amide bonds. The molecule has 1 aliphatic heterocycles. The first-order valence-corrected chi connectivity index (χ1v) is 6.08. The van der Waals surface area contributed by atoms with E-state index in [1.54, 1.807) is 13.2 Å². The second kappa shape index (κ2) is 5.14. The molecule has 1 unspecified atom stereocenters. The molecule has 0 fully saturated rings. The minimum absolute atomic E-state index is 0.0120. The molecule has 100 valence electrons. The molecule has 1 aliphatic rings. The summed E-state index contributed by atoms with van der Waals surface area (Å²) in [5, 5.41) is 28.9. The zero-order valence-electron chi connectivity index (χ0n) is 9.77. The molecular weight excluding hydrogens is 272 g/mol. The molecule has 0 spiro atoms. The van der Waals surface area contributed by atoms with Crippen molar-refractivity contribution >= 4 is 23.7 Å². The van der Waals surface area contributed by atoms with E-state index in [0.717, 1.165) is 11.8 Å². The molecule has 0 bridgehead atoms. The van der Waals surface area contributed by atoms with Gasteiger partial charge in [0.05, 0.1) is 10.8 Å². The highest BCUT2D eigenvalue weighted by Gasteiger charge is 2.27. The number of nitrogens with one attached hydrogen (secondary N) is 1. The third-order valence-corrected chi connectivity index (χ3v) is 3.49. The van der Waals surface area contributed by atoms with Crippen LogP contribution in [0.3, 0.4) is 0 Å². The van der Waals surface area contributed by atoms with E-state index in [2.05, 4.69) is 15.6 Å². The second-order valence-electron chi connectivity index (χ2n) is 3.72. The van der Waals surface area contributed by atoms with Crippen molar-refractivity contribution in [3.63, 3.8) is 0 Å². The molecule has 2 rings (SSSR count). The van der Waals surface area contributed by atoms with Gasteiger partial charge in [0.2, 0.25) is 0 Å². The van der Waals surface area contributed by atoms with Gasteiger partial charge in [-0.15, -0.1) is 16.9 Å². The predicted molar refractivity (Wildman–Crippen MR) is 65.9 cm³/mol. The van der Waals surface area contributed by atoms with Crippen molar-refractivity contribution < 1.29 is 19.8 Å². The number of aryl methyl sites for hydroxylation is 1. The van der Waals surface area contributed by atoms with Crippen LogP contribution in [0.1, 0.15) is 10.9 Å². The highest BCUT2D eigenvalue weighted by atomic mass is 32.2. The zero-order chi connectivity index (χ0) is 14.0. The topological polar surface area (TPSA) is 117 Å². The standard InChI is InChI=1S/C10H10N4O4S/c1-14-3-6(12-13-14)8-5(9(15)16)2-11-7(4-19-8)10(17)18/h2-4,8,11H,1H3,(H,15,16)(H,17,18). The summed E-state index contributed by atoms with van der Waals surface area (Å²) in [6, 6.07) is 0. The van der Waals surface area contributed by atoms with Gasteiger partial charge < -0.3 is 15.5 Å². The number of thioether (sulfide) groups is 1. The predicted octanol–water partition coefficient (Wildman–Crippen LogP) is 0.0871. The SMILES string of the molecule is Cn1cc(C2SC=C(C(=O)O)NC=C2C(=O)O)nn1. The molecule has 1 aromatic heterocycles. The normalized spacial score (nSPS) is 18.9. The Morgan fingerprint density at radius 2 is 2.16 bits per heavy atom. The fourth-order valence-corrected chi connectivity index (χ4v) is 2.48. The highest BCUT2D eigenvalue weighted by molar-refractivity contribution is 8.02. The Hall–Kier alpha value is -2.29. The smallest absolute Gasteiger partial charge is 0.352 e. The van der Waals surface area contributed by atoms with Crippen LogP contribution in [0.25, 0.3) is 0 Å². The highest BCUT2D eigenvalue weighted by Crippen LogP contribution is 2.37. The Morgan fingerprint density at radius 1 is 1.42 bits per heavy atom. The number of rotatable bonds is 3. The molecule has 3 N–H and O–H groups in total. The second-order valence-corrected chi connectivity index (χ2v) is 4.70. The van der Waals surface area contributed by atoms with E-state index < -0.39 is 17.2 Å². The third-order valence-electron chi connectivity index (χ3n) is 2.35. The van der Waals surface area contributed by atoms with E-state index in [1.807, 2.05) is 0 Å². The van der Waals surface area contributed by atoms with Crippen molar-refractivity contribution in [3.8, 4) is 0 Å². The van der Waals surface area contributed by atoms with Gasteiger partial charge in [0, 0.05) is 24.9 Å². The lowest BCUT2D eigenvalue weighted by Gasteiger charge is -2.10. The van der Waals surface area contributed by atoms with E-state index in [0.29, 0.717) is 5.69 Å². The van der Waals surface area contributed by atoms with E-state index in [4.69, 9.17) is 5.11 Å². The molecule has 9 heteroatoms. The van der Waals surface area contributed by atoms with Crippen LogP contribution in [0.4, 0.5) is 0 Å². The van der Waals surface area contributed by atoms with Crippen molar-refractivity contribution in [2.24, 2.45) is 7.05 Å². The van der Waals surface area contributed by atoms with Crippen molar-refractivity contribution in [1.29, 1.82) is 0 Å². The summed E-state index contributed by atoms with van der Waals surface area (Å²) in [7, 11) is 1.67. The third kappa shape index (κ3) is 2.76. The number of carbonyl (C=O) groups is 2. The molecule has 1 aromatic rings. The van der Waals surface area contributed by atoms with Gasteiger partial charge >= 0.3 is 11.9 Å². The fourth-order valence-electron chi connectivity index (χ4n) is 1.48. The summed E-state index contributed by atoms with van der Waals surface area (Å²) in [6.45, 7) is 0. The van der Waals surface area contributed by atoms with Crippen LogP contribution < -0.4 is 5.32 Å². The van der Waals surface area contributed by atoms with Crippen LogP contribution >= 0.6 is 11.8 Å². The molecule has 0 aromatic carbocycles. The molecule has 1 atom stereocenters. The lowest BCUT2D eigenvalue weighted by atomic mass is 10.1. The van der Waals surface area contributed by atoms with Gasteiger partial charge in [0.1, 0.15) is 11.4 Å². The fraction of sp³-hybridized carbons (Fsp3) is 0.200. The van der Waals surface area contributed by atoms with Crippen LogP contribution in [-0.4, -0.2) is 37.1 Å². The van der Waals surface area contributed by atoms with E-state index in [9.17, 15) is 14.7 Å². The van der Waals surface area contributed by atoms with Gasteiger partial charge in [0.15, 0.2) is 0 Å². The van der Waals surface area contributed by atoms with Gasteiger partial charge in [-0.3, -0.25) is 4.68 Å². The average Bonchev–Trinajstić information content (AvgIpc) is 2.64. The number of hydrogen-bond acceptors (Lipinski definition) is 6. The molecule has 0 radical (unpaired) electrons. The first-order chi connectivity index (χ1) is 8.99. The van der Waals surface area contributed by atoms with Crippen molar-refractivity contribution in [1.82, 2.24) is 20.3 Å². The van der Waals surface area contributed by atoms with Crippen LogP contribution in [0, 0.1) is 0 Å². The minimum Gasteiger partial charge on any atom is -0.478 e. The van der Waals surface area contributed by atoms with Gasteiger partial charge in [-0.2, -0.15) is 0 Å². The summed E-state index contributed by atoms with van der Waals surface area (Å²) in [4.78, 5) is 22.1. The lowest BCUT2D eigenvalue weighted by molar-refractivity contribution is -0.134. The molecule has 0 saturated heterocycles. The number of aromatic nitrogens is 3. The monoisotopic (exact) mass is 282 g/mol. The van der Waals surface area contributed by atoms with Gasteiger partial charge in [-0.1, -0.05) is 5.21 Å². The van der Waals surface area contributed by atoms with Crippen LogP contribution in [0.2, 0.25) is 0 Å². The first-order valence-electron chi connectivity index (χ1n) is 5.14. The van der Waals surface area contributed by atoms with Crippen LogP contribution in [0.5, 0.6) is 0 Å². The molecule has 19 heavy (non-hydrogen) atoms. The van der Waals surface area contributed by atoms with E-state index in [1.165, 1.54) is 16.3 Å². The van der Waals surface area contributed by atoms with Crippen molar-refractivity contribution in [2.75, 3.05) is 0 Å². The summed E-state index contributed by atoms with van der Waals surface area (Å²) in [5.74, 6) is -2.30. The molecular formula is C10H10N4O4S. The molecule has 0 aliphatic carbocycles. The van der Waals surface area contributed by atoms with Gasteiger partial charge in [-0.05, 0) is 0 Å². The average molecular weight is 282 g/mol. The summed E-state index contributed by atoms with van der Waals surface area (Å²) in [5.41, 5.74) is 0.374.